The van der Waals surface area contributed by atoms with Gasteiger partial charge in [-0.2, -0.15) is 0 Å². The lowest BCUT2D eigenvalue weighted by molar-refractivity contribution is -0.147. The van der Waals surface area contributed by atoms with Crippen LogP contribution in [-0.4, -0.2) is 76.4 Å². The number of nitrogens with zero attached hydrogens (tertiary/aromatic N) is 2. The first-order valence-electron chi connectivity index (χ1n) is 13.7. The maximum atomic E-state index is 13.5. The van der Waals surface area contributed by atoms with Crippen molar-refractivity contribution in [2.45, 2.75) is 56.9 Å². The van der Waals surface area contributed by atoms with Gasteiger partial charge in [0.05, 0.1) is 16.5 Å². The number of hydrogen-bond donors (Lipinski definition) is 1. The van der Waals surface area contributed by atoms with Crippen molar-refractivity contribution in [3.05, 3.63) is 35.5 Å². The number of rotatable bonds is 11. The third kappa shape index (κ3) is 5.01. The Kier molecular flexibility index (Phi) is 7.87. The Morgan fingerprint density at radius 2 is 1.95 bits per heavy atom. The zero-order valence-corrected chi connectivity index (χ0v) is 23.6. The van der Waals surface area contributed by atoms with Crippen LogP contribution in [0.25, 0.3) is 16.6 Å². The Morgan fingerprint density at radius 1 is 1.15 bits per heavy atom. The molecule has 0 saturated carbocycles. The summed E-state index contributed by atoms with van der Waals surface area (Å²) in [4.78, 5) is 27.4. The van der Waals surface area contributed by atoms with E-state index in [1.165, 1.54) is 6.92 Å². The first-order chi connectivity index (χ1) is 18.7. The molecule has 1 saturated heterocycles. The lowest BCUT2D eigenvalue weighted by Gasteiger charge is -2.53. The first kappa shape index (κ1) is 27.8. The molecule has 0 aliphatic carbocycles. The van der Waals surface area contributed by atoms with Gasteiger partial charge < -0.3 is 18.8 Å². The Morgan fingerprint density at radius 3 is 2.69 bits per heavy atom. The molecule has 0 radical (unpaired) electrons. The van der Waals surface area contributed by atoms with Gasteiger partial charge in [0, 0.05) is 50.2 Å². The van der Waals surface area contributed by atoms with Gasteiger partial charge in [0.25, 0.3) is 0 Å². The lowest BCUT2D eigenvalue weighted by atomic mass is 9.66. The summed E-state index contributed by atoms with van der Waals surface area (Å²) in [6, 6.07) is 5.24. The molecule has 212 valence electrons. The molecule has 1 aromatic carbocycles. The Bertz CT molecular complexity index is 1410. The predicted molar refractivity (Wildman–Crippen MR) is 145 cm³/mol. The predicted octanol–water partition coefficient (Wildman–Crippen LogP) is 3.01. The average molecular weight is 560 g/mol. The van der Waals surface area contributed by atoms with Crippen LogP contribution in [0.1, 0.15) is 56.8 Å². The number of methoxy groups -OCH3 is 1. The summed E-state index contributed by atoms with van der Waals surface area (Å²) in [5, 5.41) is 0.848. The molecular formula is C28H37N3O7S. The number of fused-ring (bicyclic) bond motifs is 3. The van der Waals surface area contributed by atoms with E-state index >= 15 is 0 Å². The zero-order chi connectivity index (χ0) is 27.8. The molecule has 3 aliphatic heterocycles. The molecule has 0 unspecified atom stereocenters. The van der Waals surface area contributed by atoms with Gasteiger partial charge in [0.2, 0.25) is 10.0 Å². The van der Waals surface area contributed by atoms with Crippen molar-refractivity contribution in [1.82, 2.24) is 14.2 Å². The highest BCUT2D eigenvalue weighted by atomic mass is 32.2. The van der Waals surface area contributed by atoms with E-state index in [-0.39, 0.29) is 36.1 Å². The molecule has 3 aliphatic rings. The smallest absolute Gasteiger partial charge is 0.355 e. The van der Waals surface area contributed by atoms with Crippen molar-refractivity contribution in [1.29, 1.82) is 0 Å². The van der Waals surface area contributed by atoms with E-state index in [0.717, 1.165) is 60.9 Å². The lowest BCUT2D eigenvalue weighted by Crippen LogP contribution is -2.51. The summed E-state index contributed by atoms with van der Waals surface area (Å²) in [7, 11) is -2.13. The molecular weight excluding hydrogens is 522 g/mol. The molecule has 0 spiro atoms. The summed E-state index contributed by atoms with van der Waals surface area (Å²) in [6.07, 6.45) is 6.30. The maximum Gasteiger partial charge on any atom is 0.355 e. The van der Waals surface area contributed by atoms with Gasteiger partial charge in [-0.05, 0) is 68.5 Å². The van der Waals surface area contributed by atoms with Crippen molar-refractivity contribution < 1.29 is 32.2 Å². The number of piperidine rings is 1. The number of ether oxygens (including phenoxy) is 3. The second kappa shape index (κ2) is 11.0. The van der Waals surface area contributed by atoms with E-state index in [9.17, 15) is 18.0 Å². The van der Waals surface area contributed by atoms with Crippen molar-refractivity contribution in [3.63, 3.8) is 0 Å². The summed E-state index contributed by atoms with van der Waals surface area (Å²) in [6.45, 7) is 6.07. The fraction of sp³-hybridized carbons (Fsp3) is 0.571. The largest absolute Gasteiger partial charge is 0.462 e. The van der Waals surface area contributed by atoms with Crippen molar-refractivity contribution in [2.75, 3.05) is 46.6 Å². The third-order valence-corrected chi connectivity index (χ3v) is 9.73. The quantitative estimate of drug-likeness (QED) is 0.330. The van der Waals surface area contributed by atoms with Crippen molar-refractivity contribution in [2.24, 2.45) is 5.41 Å². The molecule has 0 bridgehead atoms. The van der Waals surface area contributed by atoms with E-state index in [1.54, 1.807) is 25.3 Å². The summed E-state index contributed by atoms with van der Waals surface area (Å²) >= 11 is 0. The molecule has 1 aromatic heterocycles. The second-order valence-corrected chi connectivity index (χ2v) is 12.3. The highest BCUT2D eigenvalue weighted by Crippen LogP contribution is 2.57. The number of carbonyl (C=O) groups excluding carboxylic acids is 2. The van der Waals surface area contributed by atoms with Gasteiger partial charge in [-0.3, -0.25) is 9.69 Å². The molecule has 0 amide bonds. The van der Waals surface area contributed by atoms with Crippen LogP contribution in [-0.2, 0) is 40.2 Å². The van der Waals surface area contributed by atoms with E-state index < -0.39 is 22.0 Å². The number of carbonyl (C=O) groups is 2. The van der Waals surface area contributed by atoms with Crippen molar-refractivity contribution >= 4 is 38.6 Å². The van der Waals surface area contributed by atoms with Gasteiger partial charge in [-0.25, -0.2) is 17.9 Å². The van der Waals surface area contributed by atoms with Crippen LogP contribution in [0.4, 0.5) is 0 Å². The number of benzene rings is 1. The summed E-state index contributed by atoms with van der Waals surface area (Å²) in [5.41, 5.74) is 3.17. The molecule has 10 nitrogen and oxygen atoms in total. The van der Waals surface area contributed by atoms with Crippen LogP contribution in [0.15, 0.2) is 29.2 Å². The molecule has 4 heterocycles. The highest BCUT2D eigenvalue weighted by Gasteiger charge is 2.51. The molecule has 2 atom stereocenters. The Hall–Kier alpha value is -2.73. The van der Waals surface area contributed by atoms with Gasteiger partial charge in [-0.15, -0.1) is 0 Å². The van der Waals surface area contributed by atoms with Crippen LogP contribution in [0.5, 0.6) is 0 Å². The van der Waals surface area contributed by atoms with Crippen LogP contribution in [0, 0.1) is 5.41 Å². The van der Waals surface area contributed by atoms with Crippen LogP contribution >= 0.6 is 0 Å². The molecule has 1 N–H and O–H groups in total. The van der Waals surface area contributed by atoms with E-state index in [4.69, 9.17) is 14.2 Å². The molecule has 5 rings (SSSR count). The fourth-order valence-corrected chi connectivity index (χ4v) is 7.62. The Balaban J connectivity index is 1.59. The average Bonchev–Trinajstić information content (AvgIpc) is 3.26. The van der Waals surface area contributed by atoms with Crippen LogP contribution in [0.3, 0.4) is 0 Å². The number of sulfonamides is 1. The van der Waals surface area contributed by atoms with Crippen LogP contribution in [0.2, 0.25) is 0 Å². The number of esters is 2. The van der Waals surface area contributed by atoms with Crippen molar-refractivity contribution in [3.8, 4) is 0 Å². The van der Waals surface area contributed by atoms with E-state index in [1.807, 2.05) is 4.57 Å². The second-order valence-electron chi connectivity index (χ2n) is 10.5. The Labute approximate surface area is 229 Å². The third-order valence-electron chi connectivity index (χ3n) is 8.27. The fourth-order valence-electron chi connectivity index (χ4n) is 6.52. The van der Waals surface area contributed by atoms with Crippen LogP contribution < -0.4 is 4.72 Å². The van der Waals surface area contributed by atoms with Gasteiger partial charge in [-0.1, -0.05) is 6.92 Å². The molecule has 39 heavy (non-hydrogen) atoms. The minimum atomic E-state index is -3.71. The van der Waals surface area contributed by atoms with Gasteiger partial charge in [0.15, 0.2) is 0 Å². The van der Waals surface area contributed by atoms with Gasteiger partial charge >= 0.3 is 11.9 Å². The molecule has 2 aromatic rings. The number of aromatic nitrogens is 1. The SMILES string of the molecule is CC[C@@]12C=C(C(=O)OCCOC(C)=O)n3c4c(c5cc(S(=O)(=O)NCCCOC)ccc53)CCN(CCC1)[C@H]42. The number of nitrogens with one attached hydrogen (secondary N) is 1. The zero-order valence-electron chi connectivity index (χ0n) is 22.8. The molecule has 1 fully saturated rings. The summed E-state index contributed by atoms with van der Waals surface area (Å²) in [5.74, 6) is -0.908. The van der Waals surface area contributed by atoms with E-state index in [2.05, 4.69) is 22.6 Å². The topological polar surface area (TPSA) is 116 Å². The minimum absolute atomic E-state index is 0.00713. The van der Waals surface area contributed by atoms with Gasteiger partial charge in [0.1, 0.15) is 18.9 Å². The first-order valence-corrected chi connectivity index (χ1v) is 15.1. The number of hydrogen-bond acceptors (Lipinski definition) is 8. The normalized spacial score (nSPS) is 22.3. The minimum Gasteiger partial charge on any atom is -0.462 e. The van der Waals surface area contributed by atoms with E-state index in [0.29, 0.717) is 18.7 Å². The standard InChI is InChI=1S/C28H37N3O7S/c1-4-28-10-5-12-30-13-9-21-22-17-20(39(34,35)29-11-6-14-36-3)7-8-23(22)31(25(21)26(28)30)24(18-28)27(33)38-16-15-37-19(2)32/h7-8,17-18,26,29H,4-6,9-16H2,1-3H3/t26-,28+/m1/s1. The summed E-state index contributed by atoms with van der Waals surface area (Å²) < 4.78 is 46.4. The molecule has 11 heteroatoms. The maximum absolute atomic E-state index is 13.5. The monoisotopic (exact) mass is 559 g/mol. The highest BCUT2D eigenvalue weighted by molar-refractivity contribution is 7.89.